The van der Waals surface area contributed by atoms with Crippen LogP contribution in [0.3, 0.4) is 0 Å². The highest BCUT2D eigenvalue weighted by atomic mass is 79.9. The third kappa shape index (κ3) is 5.98. The van der Waals surface area contributed by atoms with Gasteiger partial charge in [0, 0.05) is 20.1 Å². The van der Waals surface area contributed by atoms with Gasteiger partial charge in [0.05, 0.1) is 17.7 Å². The quantitative estimate of drug-likeness (QED) is 0.655. The number of ether oxygens (including phenoxy) is 2. The molecule has 0 heterocycles. The van der Waals surface area contributed by atoms with Gasteiger partial charge in [-0.05, 0) is 45.6 Å². The Kier molecular flexibility index (Phi) is 7.79. The van der Waals surface area contributed by atoms with Crippen LogP contribution in [-0.4, -0.2) is 19.6 Å². The summed E-state index contributed by atoms with van der Waals surface area (Å²) in [6.45, 7) is 1.57. The highest BCUT2D eigenvalue weighted by Crippen LogP contribution is 2.23. The van der Waals surface area contributed by atoms with Crippen LogP contribution in [0, 0.1) is 0 Å². The number of hydrogen-bond donors (Lipinski definition) is 1. The average molecular weight is 392 g/mol. The van der Waals surface area contributed by atoms with Crippen molar-refractivity contribution in [1.82, 2.24) is 5.32 Å². The second-order valence-corrected chi connectivity index (χ2v) is 6.22. The number of rotatable bonds is 9. The van der Waals surface area contributed by atoms with E-state index in [0.29, 0.717) is 32.6 Å². The number of amides is 1. The molecule has 2 aromatic carbocycles. The minimum atomic E-state index is 0.0259. The van der Waals surface area contributed by atoms with Crippen molar-refractivity contribution in [3.8, 4) is 5.75 Å². The molecule has 128 valence electrons. The van der Waals surface area contributed by atoms with Crippen molar-refractivity contribution < 1.29 is 14.3 Å². The Morgan fingerprint density at radius 2 is 1.79 bits per heavy atom. The molecule has 24 heavy (non-hydrogen) atoms. The van der Waals surface area contributed by atoms with Gasteiger partial charge in [0.15, 0.2) is 0 Å². The lowest BCUT2D eigenvalue weighted by molar-refractivity contribution is -0.121. The van der Waals surface area contributed by atoms with Gasteiger partial charge in [-0.3, -0.25) is 4.79 Å². The number of para-hydroxylation sites is 1. The predicted molar refractivity (Wildman–Crippen MR) is 97.9 cm³/mol. The molecule has 0 saturated heterocycles. The molecule has 5 heteroatoms. The van der Waals surface area contributed by atoms with Gasteiger partial charge in [0.1, 0.15) is 5.75 Å². The molecule has 1 N–H and O–H groups in total. The zero-order valence-corrected chi connectivity index (χ0v) is 15.3. The van der Waals surface area contributed by atoms with Crippen molar-refractivity contribution in [1.29, 1.82) is 0 Å². The van der Waals surface area contributed by atoms with Crippen LogP contribution in [0.25, 0.3) is 0 Å². The largest absolute Gasteiger partial charge is 0.492 e. The maximum absolute atomic E-state index is 12.0. The van der Waals surface area contributed by atoms with E-state index < -0.39 is 0 Å². The van der Waals surface area contributed by atoms with E-state index in [4.69, 9.17) is 9.47 Å². The molecular formula is C19H22BrNO3. The number of halogens is 1. The second-order valence-electron chi connectivity index (χ2n) is 5.36. The Balaban J connectivity index is 1.69. The first-order chi connectivity index (χ1) is 11.7. The van der Waals surface area contributed by atoms with Gasteiger partial charge in [-0.25, -0.2) is 0 Å². The Morgan fingerprint density at radius 3 is 2.54 bits per heavy atom. The number of carbonyl (C=O) groups is 1. The van der Waals surface area contributed by atoms with Crippen LogP contribution in [0.2, 0.25) is 0 Å². The summed E-state index contributed by atoms with van der Waals surface area (Å²) >= 11 is 3.43. The predicted octanol–water partition coefficient (Wildman–Crippen LogP) is 4.07. The molecule has 0 bridgehead atoms. The van der Waals surface area contributed by atoms with E-state index in [1.165, 1.54) is 0 Å². The summed E-state index contributed by atoms with van der Waals surface area (Å²) in [6.07, 6.45) is 1.11. The van der Waals surface area contributed by atoms with Gasteiger partial charge in [-0.15, -0.1) is 0 Å². The van der Waals surface area contributed by atoms with Crippen LogP contribution in [-0.2, 0) is 22.7 Å². The van der Waals surface area contributed by atoms with Crippen molar-refractivity contribution in [2.24, 2.45) is 0 Å². The molecule has 0 aliphatic rings. The Labute approximate surface area is 151 Å². The summed E-state index contributed by atoms with van der Waals surface area (Å²) in [5.74, 6) is 0.823. The zero-order valence-electron chi connectivity index (χ0n) is 13.8. The van der Waals surface area contributed by atoms with Crippen LogP contribution in [0.1, 0.15) is 24.0 Å². The molecule has 0 saturated carbocycles. The van der Waals surface area contributed by atoms with E-state index in [9.17, 15) is 4.79 Å². The smallest absolute Gasteiger partial charge is 0.220 e. The van der Waals surface area contributed by atoms with Crippen LogP contribution >= 0.6 is 15.9 Å². The molecule has 0 fully saturated rings. The van der Waals surface area contributed by atoms with Crippen LogP contribution in [0.5, 0.6) is 5.75 Å². The summed E-state index contributed by atoms with van der Waals surface area (Å²) in [6, 6.07) is 15.6. The third-order valence-corrected chi connectivity index (χ3v) is 4.19. The second kappa shape index (κ2) is 10.1. The SMILES string of the molecule is COCc1ccccc1CNC(=O)CCCOc1ccccc1Br. The summed E-state index contributed by atoms with van der Waals surface area (Å²) in [4.78, 5) is 12.0. The standard InChI is InChI=1S/C19H22BrNO3/c1-23-14-16-8-3-2-7-15(16)13-21-19(22)11-6-12-24-18-10-5-4-9-17(18)20/h2-5,7-10H,6,11-14H2,1H3,(H,21,22). The van der Waals surface area contributed by atoms with Gasteiger partial charge in [-0.2, -0.15) is 0 Å². The van der Waals surface area contributed by atoms with Gasteiger partial charge >= 0.3 is 0 Å². The number of benzene rings is 2. The molecular weight excluding hydrogens is 370 g/mol. The van der Waals surface area contributed by atoms with Crippen LogP contribution in [0.4, 0.5) is 0 Å². The average Bonchev–Trinajstić information content (AvgIpc) is 2.59. The first kappa shape index (κ1) is 18.5. The molecule has 0 unspecified atom stereocenters. The number of carbonyl (C=O) groups excluding carboxylic acids is 1. The molecule has 0 aliphatic heterocycles. The van der Waals surface area contributed by atoms with Crippen molar-refractivity contribution in [3.05, 3.63) is 64.1 Å². The first-order valence-electron chi connectivity index (χ1n) is 7.90. The van der Waals surface area contributed by atoms with Gasteiger partial charge < -0.3 is 14.8 Å². The molecule has 2 rings (SSSR count). The first-order valence-corrected chi connectivity index (χ1v) is 8.69. The summed E-state index contributed by atoms with van der Waals surface area (Å²) in [7, 11) is 1.67. The Bertz CT molecular complexity index is 661. The topological polar surface area (TPSA) is 47.6 Å². The Hall–Kier alpha value is -1.85. The lowest BCUT2D eigenvalue weighted by Crippen LogP contribution is -2.23. The fourth-order valence-electron chi connectivity index (χ4n) is 2.29. The zero-order chi connectivity index (χ0) is 17.2. The lowest BCUT2D eigenvalue weighted by Gasteiger charge is -2.11. The maximum Gasteiger partial charge on any atom is 0.220 e. The van der Waals surface area contributed by atoms with Crippen molar-refractivity contribution >= 4 is 21.8 Å². The van der Waals surface area contributed by atoms with Crippen molar-refractivity contribution in [3.63, 3.8) is 0 Å². The van der Waals surface area contributed by atoms with Crippen LogP contribution in [0.15, 0.2) is 53.0 Å². The van der Waals surface area contributed by atoms with E-state index in [1.54, 1.807) is 7.11 Å². The molecule has 0 spiro atoms. The van der Waals surface area contributed by atoms with E-state index in [1.807, 2.05) is 48.5 Å². The molecule has 0 radical (unpaired) electrons. The number of hydrogen-bond acceptors (Lipinski definition) is 3. The van der Waals surface area contributed by atoms with Gasteiger partial charge in [0.2, 0.25) is 5.91 Å². The molecule has 4 nitrogen and oxygen atoms in total. The molecule has 2 aromatic rings. The van der Waals surface area contributed by atoms with Gasteiger partial charge in [-0.1, -0.05) is 36.4 Å². The molecule has 1 amide bonds. The number of nitrogens with one attached hydrogen (secondary N) is 1. The molecule has 0 aromatic heterocycles. The van der Waals surface area contributed by atoms with E-state index >= 15 is 0 Å². The minimum Gasteiger partial charge on any atom is -0.492 e. The monoisotopic (exact) mass is 391 g/mol. The highest BCUT2D eigenvalue weighted by molar-refractivity contribution is 9.10. The molecule has 0 aliphatic carbocycles. The normalized spacial score (nSPS) is 10.4. The molecule has 0 atom stereocenters. The highest BCUT2D eigenvalue weighted by Gasteiger charge is 2.05. The van der Waals surface area contributed by atoms with Crippen molar-refractivity contribution in [2.45, 2.75) is 26.0 Å². The third-order valence-electron chi connectivity index (χ3n) is 3.54. The van der Waals surface area contributed by atoms with E-state index in [0.717, 1.165) is 21.3 Å². The van der Waals surface area contributed by atoms with Crippen LogP contribution < -0.4 is 10.1 Å². The summed E-state index contributed by atoms with van der Waals surface area (Å²) in [5.41, 5.74) is 2.18. The lowest BCUT2D eigenvalue weighted by atomic mass is 10.1. The maximum atomic E-state index is 12.0. The Morgan fingerprint density at radius 1 is 1.08 bits per heavy atom. The fraction of sp³-hybridized carbons (Fsp3) is 0.316. The van der Waals surface area contributed by atoms with E-state index in [2.05, 4.69) is 21.2 Å². The van der Waals surface area contributed by atoms with E-state index in [-0.39, 0.29) is 5.91 Å². The number of methoxy groups -OCH3 is 1. The summed E-state index contributed by atoms with van der Waals surface area (Å²) in [5, 5.41) is 2.95. The van der Waals surface area contributed by atoms with Gasteiger partial charge in [0.25, 0.3) is 0 Å². The van der Waals surface area contributed by atoms with Crippen molar-refractivity contribution in [2.75, 3.05) is 13.7 Å². The summed E-state index contributed by atoms with van der Waals surface area (Å²) < 4.78 is 11.8. The fourth-order valence-corrected chi connectivity index (χ4v) is 2.68. The minimum absolute atomic E-state index is 0.0259.